The molecule has 0 spiro atoms. The van der Waals surface area contributed by atoms with Crippen LogP contribution in [0.3, 0.4) is 0 Å². The van der Waals surface area contributed by atoms with Crippen molar-refractivity contribution in [3.63, 3.8) is 0 Å². The molecule has 1 aliphatic heterocycles. The van der Waals surface area contributed by atoms with Gasteiger partial charge < -0.3 is 22.8 Å². The highest BCUT2D eigenvalue weighted by Gasteiger charge is 2.41. The molecule has 1 heterocycles. The van der Waals surface area contributed by atoms with Gasteiger partial charge in [0.15, 0.2) is 0 Å². The Morgan fingerprint density at radius 3 is 2.06 bits per heavy atom. The monoisotopic (exact) mass is 264 g/mol. The number of rotatable bonds is 9. The summed E-state index contributed by atoms with van der Waals surface area (Å²) < 4.78 is 27.9. The topological polar surface area (TPSA) is 46.2 Å². The first-order chi connectivity index (χ1) is 8.26. The number of hydrogen-bond donors (Lipinski definition) is 0. The molecule has 6 heteroatoms. The summed E-state index contributed by atoms with van der Waals surface area (Å²) in [5.74, 6) is 0. The molecular formula is C11H24O5Si. The molecule has 1 atom stereocenters. The predicted molar refractivity (Wildman–Crippen MR) is 65.7 cm³/mol. The zero-order chi connectivity index (χ0) is 12.6. The SMILES string of the molecule is CCO[Si](CCC1COCO1)(OCC)OCC. The first kappa shape index (κ1) is 15.1. The van der Waals surface area contributed by atoms with Crippen LogP contribution in [0.5, 0.6) is 0 Å². The van der Waals surface area contributed by atoms with Gasteiger partial charge in [-0.3, -0.25) is 0 Å². The van der Waals surface area contributed by atoms with Crippen molar-refractivity contribution < 1.29 is 22.8 Å². The molecule has 0 N–H and O–H groups in total. The third kappa shape index (κ3) is 5.03. The van der Waals surface area contributed by atoms with E-state index in [2.05, 4.69) is 0 Å². The fraction of sp³-hybridized carbons (Fsp3) is 1.00. The van der Waals surface area contributed by atoms with Gasteiger partial charge in [-0.05, 0) is 27.2 Å². The van der Waals surface area contributed by atoms with Crippen LogP contribution < -0.4 is 0 Å². The van der Waals surface area contributed by atoms with Crippen molar-refractivity contribution in [2.75, 3.05) is 33.2 Å². The van der Waals surface area contributed by atoms with Gasteiger partial charge in [0, 0.05) is 25.9 Å². The molecular weight excluding hydrogens is 240 g/mol. The highest BCUT2D eigenvalue weighted by atomic mass is 28.4. The van der Waals surface area contributed by atoms with Crippen LogP contribution in [0.1, 0.15) is 27.2 Å². The van der Waals surface area contributed by atoms with Crippen LogP contribution in [-0.4, -0.2) is 48.1 Å². The van der Waals surface area contributed by atoms with Gasteiger partial charge in [-0.2, -0.15) is 0 Å². The van der Waals surface area contributed by atoms with Gasteiger partial charge in [0.2, 0.25) is 0 Å². The second kappa shape index (κ2) is 8.18. The minimum Gasteiger partial charge on any atom is -0.374 e. The van der Waals surface area contributed by atoms with Gasteiger partial charge in [0.1, 0.15) is 6.79 Å². The minimum atomic E-state index is -2.50. The van der Waals surface area contributed by atoms with Gasteiger partial charge in [-0.25, -0.2) is 0 Å². The van der Waals surface area contributed by atoms with Crippen LogP contribution in [0.15, 0.2) is 0 Å². The molecule has 0 amide bonds. The molecule has 0 radical (unpaired) electrons. The Balaban J connectivity index is 2.46. The Labute approximate surface area is 105 Å². The molecule has 17 heavy (non-hydrogen) atoms. The van der Waals surface area contributed by atoms with E-state index in [1.807, 2.05) is 20.8 Å². The van der Waals surface area contributed by atoms with Gasteiger partial charge in [-0.15, -0.1) is 0 Å². The van der Waals surface area contributed by atoms with Crippen LogP contribution in [-0.2, 0) is 22.8 Å². The molecule has 5 nitrogen and oxygen atoms in total. The number of ether oxygens (including phenoxy) is 2. The molecule has 1 rings (SSSR count). The lowest BCUT2D eigenvalue weighted by molar-refractivity contribution is 0.0395. The summed E-state index contributed by atoms with van der Waals surface area (Å²) in [7, 11) is -2.50. The molecule has 0 bridgehead atoms. The van der Waals surface area contributed by atoms with Crippen molar-refractivity contribution in [2.45, 2.75) is 39.3 Å². The summed E-state index contributed by atoms with van der Waals surface area (Å²) in [6.07, 6.45) is 1.02. The molecule has 1 fully saturated rings. The molecule has 102 valence electrons. The van der Waals surface area contributed by atoms with E-state index in [0.717, 1.165) is 12.5 Å². The van der Waals surface area contributed by atoms with Crippen LogP contribution in [0.4, 0.5) is 0 Å². The molecule has 0 aromatic heterocycles. The third-order valence-electron chi connectivity index (χ3n) is 2.56. The highest BCUT2D eigenvalue weighted by Crippen LogP contribution is 2.21. The van der Waals surface area contributed by atoms with Crippen LogP contribution in [0.25, 0.3) is 0 Å². The summed E-state index contributed by atoms with van der Waals surface area (Å²) in [6.45, 7) is 8.82. The van der Waals surface area contributed by atoms with Crippen molar-refractivity contribution in [3.05, 3.63) is 0 Å². The third-order valence-corrected chi connectivity index (χ3v) is 5.64. The lowest BCUT2D eigenvalue weighted by Crippen LogP contribution is -2.46. The Morgan fingerprint density at radius 2 is 1.65 bits per heavy atom. The smallest absolute Gasteiger partial charge is 0.374 e. The fourth-order valence-corrected chi connectivity index (χ4v) is 4.56. The number of hydrogen-bond acceptors (Lipinski definition) is 5. The van der Waals surface area contributed by atoms with Crippen molar-refractivity contribution in [1.82, 2.24) is 0 Å². The first-order valence-electron chi connectivity index (χ1n) is 6.37. The second-order valence-electron chi connectivity index (χ2n) is 3.80. The van der Waals surface area contributed by atoms with E-state index in [9.17, 15) is 0 Å². The second-order valence-corrected chi connectivity index (χ2v) is 6.53. The molecule has 0 saturated carbocycles. The maximum Gasteiger partial charge on any atom is 0.501 e. The van der Waals surface area contributed by atoms with E-state index in [4.69, 9.17) is 22.8 Å². The Bertz CT molecular complexity index is 179. The van der Waals surface area contributed by atoms with E-state index >= 15 is 0 Å². The molecule has 0 aliphatic carbocycles. The lowest BCUT2D eigenvalue weighted by Gasteiger charge is -2.29. The zero-order valence-corrected chi connectivity index (χ0v) is 12.1. The van der Waals surface area contributed by atoms with Crippen LogP contribution >= 0.6 is 0 Å². The molecule has 0 aromatic rings. The summed E-state index contributed by atoms with van der Waals surface area (Å²) >= 11 is 0. The first-order valence-corrected chi connectivity index (χ1v) is 8.30. The average molecular weight is 264 g/mol. The van der Waals surface area contributed by atoms with Crippen molar-refractivity contribution in [2.24, 2.45) is 0 Å². The van der Waals surface area contributed by atoms with Gasteiger partial charge in [0.05, 0.1) is 12.7 Å². The average Bonchev–Trinajstić information content (AvgIpc) is 2.80. The van der Waals surface area contributed by atoms with Crippen LogP contribution in [0.2, 0.25) is 6.04 Å². The zero-order valence-electron chi connectivity index (χ0n) is 11.1. The lowest BCUT2D eigenvalue weighted by atomic mass is 10.3. The van der Waals surface area contributed by atoms with Gasteiger partial charge in [-0.1, -0.05) is 0 Å². The highest BCUT2D eigenvalue weighted by molar-refractivity contribution is 6.60. The van der Waals surface area contributed by atoms with Crippen LogP contribution in [0, 0.1) is 0 Å². The van der Waals surface area contributed by atoms with Crippen molar-refractivity contribution >= 4 is 8.80 Å². The van der Waals surface area contributed by atoms with E-state index in [1.165, 1.54) is 0 Å². The molecule has 1 aliphatic rings. The van der Waals surface area contributed by atoms with E-state index in [1.54, 1.807) is 0 Å². The maximum atomic E-state index is 5.77. The summed E-state index contributed by atoms with van der Waals surface area (Å²) in [4.78, 5) is 0. The van der Waals surface area contributed by atoms with Crippen molar-refractivity contribution in [3.8, 4) is 0 Å². The molecule has 1 unspecified atom stereocenters. The van der Waals surface area contributed by atoms with E-state index in [-0.39, 0.29) is 6.10 Å². The maximum absolute atomic E-state index is 5.77. The Hall–Kier alpha value is 0.0169. The Morgan fingerprint density at radius 1 is 1.06 bits per heavy atom. The van der Waals surface area contributed by atoms with Crippen molar-refractivity contribution in [1.29, 1.82) is 0 Å². The largest absolute Gasteiger partial charge is 0.501 e. The van der Waals surface area contributed by atoms with E-state index < -0.39 is 8.80 Å². The summed E-state index contributed by atoms with van der Waals surface area (Å²) in [5, 5.41) is 0. The molecule has 0 aromatic carbocycles. The summed E-state index contributed by atoms with van der Waals surface area (Å²) in [5.41, 5.74) is 0. The predicted octanol–water partition coefficient (Wildman–Crippen LogP) is 1.80. The Kier molecular flexibility index (Phi) is 7.25. The van der Waals surface area contributed by atoms with E-state index in [0.29, 0.717) is 33.2 Å². The fourth-order valence-electron chi connectivity index (χ4n) is 1.88. The quantitative estimate of drug-likeness (QED) is 0.594. The summed E-state index contributed by atoms with van der Waals surface area (Å²) in [6, 6.07) is 0.788. The molecule has 1 saturated heterocycles. The van der Waals surface area contributed by atoms with Gasteiger partial charge in [0.25, 0.3) is 0 Å². The minimum absolute atomic E-state index is 0.156. The van der Waals surface area contributed by atoms with Gasteiger partial charge >= 0.3 is 8.80 Å². The standard InChI is InChI=1S/C11H24O5Si/c1-4-14-17(15-5-2,16-6-3)8-7-11-9-12-10-13-11/h11H,4-10H2,1-3H3. The normalized spacial score (nSPS) is 21.0.